The van der Waals surface area contributed by atoms with Gasteiger partial charge in [0.05, 0.1) is 0 Å². The molecule has 2 heteroatoms. The van der Waals surface area contributed by atoms with Gasteiger partial charge in [-0.05, 0) is 35.2 Å². The standard InChI is InChI=1S/C15H15NS/c1-3-14(17)12-8-7-11(9-16)15-10(2)5-4-6-13(12)15/h4-9,16H,3H2,1-2H3. The molecular formula is C15H15NS. The van der Waals surface area contributed by atoms with Crippen molar-refractivity contribution in [3.05, 3.63) is 47.0 Å². The zero-order valence-electron chi connectivity index (χ0n) is 10.1. The van der Waals surface area contributed by atoms with Gasteiger partial charge in [-0.3, -0.25) is 0 Å². The van der Waals surface area contributed by atoms with Crippen molar-refractivity contribution < 1.29 is 0 Å². The van der Waals surface area contributed by atoms with E-state index in [0.717, 1.165) is 33.2 Å². The van der Waals surface area contributed by atoms with Crippen molar-refractivity contribution in [3.63, 3.8) is 0 Å². The summed E-state index contributed by atoms with van der Waals surface area (Å²) in [6, 6.07) is 10.2. The molecule has 0 aromatic heterocycles. The van der Waals surface area contributed by atoms with Gasteiger partial charge in [0.2, 0.25) is 0 Å². The molecule has 2 aromatic carbocycles. The quantitative estimate of drug-likeness (QED) is 0.484. The first-order valence-electron chi connectivity index (χ1n) is 5.75. The fourth-order valence-electron chi connectivity index (χ4n) is 2.18. The first-order valence-corrected chi connectivity index (χ1v) is 6.16. The van der Waals surface area contributed by atoms with E-state index in [4.69, 9.17) is 17.6 Å². The molecule has 0 saturated heterocycles. The van der Waals surface area contributed by atoms with Gasteiger partial charge in [0.1, 0.15) is 0 Å². The molecule has 0 atom stereocenters. The van der Waals surface area contributed by atoms with Gasteiger partial charge in [0, 0.05) is 16.6 Å². The predicted octanol–water partition coefficient (Wildman–Crippen LogP) is 4.27. The van der Waals surface area contributed by atoms with Crippen LogP contribution in [0.15, 0.2) is 30.3 Å². The molecule has 2 rings (SSSR count). The van der Waals surface area contributed by atoms with Crippen LogP contribution in [0.3, 0.4) is 0 Å². The van der Waals surface area contributed by atoms with Crippen molar-refractivity contribution in [1.82, 2.24) is 0 Å². The minimum absolute atomic E-state index is 0.877. The Hall–Kier alpha value is -1.54. The van der Waals surface area contributed by atoms with Crippen molar-refractivity contribution >= 4 is 34.1 Å². The van der Waals surface area contributed by atoms with Crippen LogP contribution in [0.5, 0.6) is 0 Å². The molecule has 0 amide bonds. The van der Waals surface area contributed by atoms with Gasteiger partial charge in [0.25, 0.3) is 0 Å². The van der Waals surface area contributed by atoms with Gasteiger partial charge in [-0.25, -0.2) is 0 Å². The number of hydrogen-bond donors (Lipinski definition) is 1. The van der Waals surface area contributed by atoms with E-state index in [0.29, 0.717) is 0 Å². The Morgan fingerprint density at radius 1 is 1.29 bits per heavy atom. The van der Waals surface area contributed by atoms with Crippen LogP contribution in [0.1, 0.15) is 30.0 Å². The van der Waals surface area contributed by atoms with Crippen molar-refractivity contribution in [1.29, 1.82) is 5.41 Å². The minimum Gasteiger partial charge on any atom is -0.308 e. The lowest BCUT2D eigenvalue weighted by Crippen LogP contribution is -1.98. The summed E-state index contributed by atoms with van der Waals surface area (Å²) in [5, 5.41) is 9.80. The lowest BCUT2D eigenvalue weighted by molar-refractivity contribution is 1.32. The number of rotatable bonds is 3. The molecule has 0 aliphatic rings. The van der Waals surface area contributed by atoms with E-state index in [1.165, 1.54) is 11.8 Å². The highest BCUT2D eigenvalue weighted by Gasteiger charge is 2.09. The van der Waals surface area contributed by atoms with E-state index < -0.39 is 0 Å². The largest absolute Gasteiger partial charge is 0.308 e. The van der Waals surface area contributed by atoms with Crippen LogP contribution in [-0.4, -0.2) is 11.1 Å². The molecule has 0 aliphatic carbocycles. The number of hydrogen-bond acceptors (Lipinski definition) is 2. The number of thiocarbonyl (C=S) groups is 1. The highest BCUT2D eigenvalue weighted by Crippen LogP contribution is 2.26. The average molecular weight is 241 g/mol. The maximum absolute atomic E-state index is 7.49. The fourth-order valence-corrected chi connectivity index (χ4v) is 2.35. The van der Waals surface area contributed by atoms with E-state index in [2.05, 4.69) is 26.0 Å². The third-order valence-corrected chi connectivity index (χ3v) is 3.57. The first kappa shape index (κ1) is 11.9. The molecule has 17 heavy (non-hydrogen) atoms. The van der Waals surface area contributed by atoms with Crippen LogP contribution < -0.4 is 0 Å². The van der Waals surface area contributed by atoms with Crippen LogP contribution in [-0.2, 0) is 0 Å². The van der Waals surface area contributed by atoms with E-state index in [1.807, 2.05) is 18.2 Å². The molecule has 0 heterocycles. The van der Waals surface area contributed by atoms with Crippen molar-refractivity contribution in [3.8, 4) is 0 Å². The van der Waals surface area contributed by atoms with E-state index in [-0.39, 0.29) is 0 Å². The van der Waals surface area contributed by atoms with E-state index >= 15 is 0 Å². The van der Waals surface area contributed by atoms with Crippen molar-refractivity contribution in [2.75, 3.05) is 0 Å². The molecule has 0 bridgehead atoms. The SMILES string of the molecule is CCC(=S)c1ccc(C=N)c2c(C)cccc12. The van der Waals surface area contributed by atoms with Crippen LogP contribution >= 0.6 is 12.2 Å². The fraction of sp³-hybridized carbons (Fsp3) is 0.200. The molecule has 2 aromatic rings. The number of nitrogens with one attached hydrogen (secondary N) is 1. The van der Waals surface area contributed by atoms with Gasteiger partial charge in [-0.15, -0.1) is 0 Å². The molecule has 86 valence electrons. The molecule has 0 spiro atoms. The molecule has 0 saturated carbocycles. The Bertz CT molecular complexity index is 599. The molecule has 0 unspecified atom stereocenters. The molecule has 0 fully saturated rings. The molecular weight excluding hydrogens is 226 g/mol. The van der Waals surface area contributed by atoms with Gasteiger partial charge >= 0.3 is 0 Å². The van der Waals surface area contributed by atoms with Gasteiger partial charge in [0.15, 0.2) is 0 Å². The second kappa shape index (κ2) is 4.76. The van der Waals surface area contributed by atoms with Crippen LogP contribution in [0.4, 0.5) is 0 Å². The molecule has 0 radical (unpaired) electrons. The summed E-state index contributed by atoms with van der Waals surface area (Å²) < 4.78 is 0. The lowest BCUT2D eigenvalue weighted by Gasteiger charge is -2.11. The summed E-state index contributed by atoms with van der Waals surface area (Å²) in [6.45, 7) is 4.16. The molecule has 0 aliphatic heterocycles. The third-order valence-electron chi connectivity index (χ3n) is 3.06. The molecule has 1 nitrogen and oxygen atoms in total. The Kier molecular flexibility index (Phi) is 3.34. The Balaban J connectivity index is 2.87. The summed E-state index contributed by atoms with van der Waals surface area (Å²) >= 11 is 5.41. The summed E-state index contributed by atoms with van der Waals surface area (Å²) in [5.74, 6) is 0. The summed E-state index contributed by atoms with van der Waals surface area (Å²) in [7, 11) is 0. The number of aryl methyl sites for hydroxylation is 1. The summed E-state index contributed by atoms with van der Waals surface area (Å²) in [4.78, 5) is 0.983. The molecule has 1 N–H and O–H groups in total. The maximum Gasteiger partial charge on any atom is 0.0256 e. The van der Waals surface area contributed by atoms with Gasteiger partial charge in [-0.1, -0.05) is 49.5 Å². The smallest absolute Gasteiger partial charge is 0.0256 e. The van der Waals surface area contributed by atoms with E-state index in [1.54, 1.807) is 0 Å². The second-order valence-electron chi connectivity index (χ2n) is 4.12. The van der Waals surface area contributed by atoms with E-state index in [9.17, 15) is 0 Å². The lowest BCUT2D eigenvalue weighted by atomic mass is 9.94. The first-order chi connectivity index (χ1) is 8.19. The number of benzene rings is 2. The monoisotopic (exact) mass is 241 g/mol. The Morgan fingerprint density at radius 3 is 2.71 bits per heavy atom. The summed E-state index contributed by atoms with van der Waals surface area (Å²) in [5.41, 5.74) is 3.29. The highest BCUT2D eigenvalue weighted by atomic mass is 32.1. The van der Waals surface area contributed by atoms with Crippen LogP contribution in [0.2, 0.25) is 0 Å². The maximum atomic E-state index is 7.49. The topological polar surface area (TPSA) is 23.9 Å². The van der Waals surface area contributed by atoms with Gasteiger partial charge in [-0.2, -0.15) is 0 Å². The Labute approximate surface area is 107 Å². The Morgan fingerprint density at radius 2 is 2.06 bits per heavy atom. The second-order valence-corrected chi connectivity index (χ2v) is 4.61. The predicted molar refractivity (Wildman–Crippen MR) is 78.6 cm³/mol. The highest BCUT2D eigenvalue weighted by molar-refractivity contribution is 7.80. The average Bonchev–Trinajstić information content (AvgIpc) is 2.37. The zero-order chi connectivity index (χ0) is 12.4. The zero-order valence-corrected chi connectivity index (χ0v) is 10.9. The normalized spacial score (nSPS) is 10.5. The third kappa shape index (κ3) is 2.01. The minimum atomic E-state index is 0.877. The van der Waals surface area contributed by atoms with Crippen molar-refractivity contribution in [2.45, 2.75) is 20.3 Å². The van der Waals surface area contributed by atoms with Crippen LogP contribution in [0.25, 0.3) is 10.8 Å². The van der Waals surface area contributed by atoms with Gasteiger partial charge < -0.3 is 5.41 Å². The number of fused-ring (bicyclic) bond motifs is 1. The summed E-state index contributed by atoms with van der Waals surface area (Å²) in [6.07, 6.45) is 2.29. The van der Waals surface area contributed by atoms with Crippen LogP contribution in [0, 0.1) is 12.3 Å². The van der Waals surface area contributed by atoms with Crippen molar-refractivity contribution in [2.24, 2.45) is 0 Å².